The summed E-state index contributed by atoms with van der Waals surface area (Å²) in [6.07, 6.45) is 1.16. The number of aryl methyl sites for hydroxylation is 2. The second kappa shape index (κ2) is 5.40. The summed E-state index contributed by atoms with van der Waals surface area (Å²) in [7, 11) is -3.17. The largest absolute Gasteiger partial charge is 0.241 e. The standard InChI is InChI=1S/C13H16N2O2S2/c1-9-6-4-5-7-11(9)13-15-10(2)12(18-13)8-14-19(3,16)17/h4-7,14H,8H2,1-3H3. The molecule has 2 rings (SSSR count). The molecule has 0 fully saturated rings. The highest BCUT2D eigenvalue weighted by atomic mass is 32.2. The monoisotopic (exact) mass is 296 g/mol. The molecule has 0 saturated heterocycles. The molecule has 0 atom stereocenters. The zero-order chi connectivity index (χ0) is 14.0. The van der Waals surface area contributed by atoms with Gasteiger partial charge in [0.05, 0.1) is 11.9 Å². The van der Waals surface area contributed by atoms with E-state index in [1.165, 1.54) is 16.9 Å². The maximum absolute atomic E-state index is 11.1. The predicted octanol–water partition coefficient (Wildman–Crippen LogP) is 2.48. The Morgan fingerprint density at radius 1 is 1.26 bits per heavy atom. The third kappa shape index (κ3) is 3.62. The molecule has 102 valence electrons. The number of hydrogen-bond acceptors (Lipinski definition) is 4. The normalized spacial score (nSPS) is 11.7. The van der Waals surface area contributed by atoms with Gasteiger partial charge in [0.2, 0.25) is 10.0 Å². The molecule has 0 saturated carbocycles. The van der Waals surface area contributed by atoms with E-state index < -0.39 is 10.0 Å². The minimum absolute atomic E-state index is 0.300. The van der Waals surface area contributed by atoms with E-state index in [0.717, 1.165) is 27.4 Å². The minimum atomic E-state index is -3.17. The van der Waals surface area contributed by atoms with Crippen LogP contribution in [0.25, 0.3) is 10.6 Å². The third-order valence-corrected chi connectivity index (χ3v) is 4.62. The van der Waals surface area contributed by atoms with Gasteiger partial charge in [-0.2, -0.15) is 0 Å². The summed E-state index contributed by atoms with van der Waals surface area (Å²) in [4.78, 5) is 5.47. The number of thiazole rings is 1. The second-order valence-electron chi connectivity index (χ2n) is 4.44. The van der Waals surface area contributed by atoms with Gasteiger partial charge >= 0.3 is 0 Å². The van der Waals surface area contributed by atoms with Crippen LogP contribution >= 0.6 is 11.3 Å². The molecule has 0 bridgehead atoms. The van der Waals surface area contributed by atoms with Crippen molar-refractivity contribution in [1.29, 1.82) is 0 Å². The van der Waals surface area contributed by atoms with E-state index in [0.29, 0.717) is 6.54 Å². The molecule has 0 aliphatic rings. The Kier molecular flexibility index (Phi) is 4.03. The first-order valence-electron chi connectivity index (χ1n) is 5.84. The maximum Gasteiger partial charge on any atom is 0.209 e. The molecule has 1 aromatic heterocycles. The van der Waals surface area contributed by atoms with Crippen LogP contribution in [0.5, 0.6) is 0 Å². The molecule has 0 spiro atoms. The first kappa shape index (κ1) is 14.2. The minimum Gasteiger partial charge on any atom is -0.241 e. The van der Waals surface area contributed by atoms with Crippen LogP contribution in [0.1, 0.15) is 16.1 Å². The molecule has 0 amide bonds. The number of nitrogens with zero attached hydrogens (tertiary/aromatic N) is 1. The molecule has 1 heterocycles. The number of aromatic nitrogens is 1. The first-order valence-corrected chi connectivity index (χ1v) is 8.54. The maximum atomic E-state index is 11.1. The molecule has 2 aromatic rings. The van der Waals surface area contributed by atoms with Crippen molar-refractivity contribution in [3.8, 4) is 10.6 Å². The number of benzene rings is 1. The smallest absolute Gasteiger partial charge is 0.209 e. The molecule has 1 aromatic carbocycles. The zero-order valence-corrected chi connectivity index (χ0v) is 12.7. The fourth-order valence-electron chi connectivity index (χ4n) is 1.72. The van der Waals surface area contributed by atoms with Crippen molar-refractivity contribution in [3.05, 3.63) is 40.4 Å². The molecule has 0 aliphatic heterocycles. The van der Waals surface area contributed by atoms with Crippen molar-refractivity contribution in [2.45, 2.75) is 20.4 Å². The molecule has 6 heteroatoms. The van der Waals surface area contributed by atoms with Crippen LogP contribution in [-0.4, -0.2) is 19.7 Å². The van der Waals surface area contributed by atoms with Gasteiger partial charge in [0, 0.05) is 17.0 Å². The number of rotatable bonds is 4. The van der Waals surface area contributed by atoms with Gasteiger partial charge in [-0.05, 0) is 19.4 Å². The SMILES string of the molecule is Cc1ccccc1-c1nc(C)c(CNS(C)(=O)=O)s1. The topological polar surface area (TPSA) is 59.1 Å². The van der Waals surface area contributed by atoms with Gasteiger partial charge in [0.25, 0.3) is 0 Å². The van der Waals surface area contributed by atoms with E-state index in [1.807, 2.05) is 38.1 Å². The summed E-state index contributed by atoms with van der Waals surface area (Å²) in [5.41, 5.74) is 3.14. The summed E-state index contributed by atoms with van der Waals surface area (Å²) in [5.74, 6) is 0. The third-order valence-electron chi connectivity index (χ3n) is 2.76. The van der Waals surface area contributed by atoms with Gasteiger partial charge in [0.1, 0.15) is 5.01 Å². The molecular formula is C13H16N2O2S2. The van der Waals surface area contributed by atoms with Gasteiger partial charge in [-0.1, -0.05) is 24.3 Å². The van der Waals surface area contributed by atoms with Crippen LogP contribution in [0.2, 0.25) is 0 Å². The summed E-state index contributed by atoms with van der Waals surface area (Å²) >= 11 is 1.53. The van der Waals surface area contributed by atoms with E-state index in [4.69, 9.17) is 0 Å². The van der Waals surface area contributed by atoms with Gasteiger partial charge < -0.3 is 0 Å². The van der Waals surface area contributed by atoms with Crippen molar-refractivity contribution >= 4 is 21.4 Å². The molecule has 4 nitrogen and oxygen atoms in total. The van der Waals surface area contributed by atoms with E-state index in [-0.39, 0.29) is 0 Å². The van der Waals surface area contributed by atoms with E-state index in [1.54, 1.807) is 0 Å². The van der Waals surface area contributed by atoms with Crippen molar-refractivity contribution in [2.24, 2.45) is 0 Å². The van der Waals surface area contributed by atoms with Crippen LogP contribution in [-0.2, 0) is 16.6 Å². The van der Waals surface area contributed by atoms with Crippen LogP contribution < -0.4 is 4.72 Å². The van der Waals surface area contributed by atoms with E-state index in [2.05, 4.69) is 9.71 Å². The Labute approximate surface area is 117 Å². The molecular weight excluding hydrogens is 280 g/mol. The van der Waals surface area contributed by atoms with Crippen LogP contribution in [0.15, 0.2) is 24.3 Å². The van der Waals surface area contributed by atoms with Crippen LogP contribution in [0.4, 0.5) is 0 Å². The highest BCUT2D eigenvalue weighted by Crippen LogP contribution is 2.29. The van der Waals surface area contributed by atoms with Gasteiger partial charge in [-0.3, -0.25) is 0 Å². The van der Waals surface area contributed by atoms with E-state index >= 15 is 0 Å². The number of hydrogen-bond donors (Lipinski definition) is 1. The fourth-order valence-corrected chi connectivity index (χ4v) is 3.31. The number of nitrogens with one attached hydrogen (secondary N) is 1. The fraction of sp³-hybridized carbons (Fsp3) is 0.308. The summed E-state index contributed by atoms with van der Waals surface area (Å²) in [5, 5.41) is 0.931. The average Bonchev–Trinajstić information content (AvgIpc) is 2.68. The summed E-state index contributed by atoms with van der Waals surface area (Å²) in [6.45, 7) is 4.24. The second-order valence-corrected chi connectivity index (χ2v) is 7.35. The first-order chi connectivity index (χ1) is 8.87. The highest BCUT2D eigenvalue weighted by Gasteiger charge is 2.12. The Balaban J connectivity index is 2.29. The Morgan fingerprint density at radius 3 is 2.58 bits per heavy atom. The lowest BCUT2D eigenvalue weighted by molar-refractivity contribution is 0.588. The molecule has 0 unspecified atom stereocenters. The quantitative estimate of drug-likeness (QED) is 0.943. The lowest BCUT2D eigenvalue weighted by atomic mass is 10.1. The predicted molar refractivity (Wildman–Crippen MR) is 78.7 cm³/mol. The van der Waals surface area contributed by atoms with Crippen molar-refractivity contribution in [1.82, 2.24) is 9.71 Å². The Bertz CT molecular complexity index is 690. The van der Waals surface area contributed by atoms with Crippen molar-refractivity contribution in [3.63, 3.8) is 0 Å². The Morgan fingerprint density at radius 2 is 1.95 bits per heavy atom. The van der Waals surface area contributed by atoms with Crippen LogP contribution in [0.3, 0.4) is 0 Å². The van der Waals surface area contributed by atoms with Crippen molar-refractivity contribution in [2.75, 3.05) is 6.26 Å². The summed E-state index contributed by atoms with van der Waals surface area (Å²) < 4.78 is 24.7. The van der Waals surface area contributed by atoms with Crippen molar-refractivity contribution < 1.29 is 8.42 Å². The highest BCUT2D eigenvalue weighted by molar-refractivity contribution is 7.88. The summed E-state index contributed by atoms with van der Waals surface area (Å²) in [6, 6.07) is 8.04. The average molecular weight is 296 g/mol. The lowest BCUT2D eigenvalue weighted by Crippen LogP contribution is -2.20. The molecule has 0 radical (unpaired) electrons. The molecule has 1 N–H and O–H groups in total. The van der Waals surface area contributed by atoms with Gasteiger partial charge in [-0.15, -0.1) is 11.3 Å². The zero-order valence-electron chi connectivity index (χ0n) is 11.1. The Hall–Kier alpha value is -1.24. The van der Waals surface area contributed by atoms with Gasteiger partial charge in [-0.25, -0.2) is 18.1 Å². The van der Waals surface area contributed by atoms with Gasteiger partial charge in [0.15, 0.2) is 0 Å². The molecule has 19 heavy (non-hydrogen) atoms. The molecule has 0 aliphatic carbocycles. The van der Waals surface area contributed by atoms with Crippen LogP contribution in [0, 0.1) is 13.8 Å². The number of sulfonamides is 1. The lowest BCUT2D eigenvalue weighted by Gasteiger charge is -2.00. The van der Waals surface area contributed by atoms with E-state index in [9.17, 15) is 8.42 Å².